The third-order valence-corrected chi connectivity index (χ3v) is 15.6. The third-order valence-electron chi connectivity index (χ3n) is 13.8. The number of benzene rings is 6. The van der Waals surface area contributed by atoms with Crippen LogP contribution in [0.15, 0.2) is 103 Å². The normalized spacial score (nSPS) is 14.7. The van der Waals surface area contributed by atoms with E-state index in [-0.39, 0.29) is 21.7 Å². The number of nitrogens with zero attached hydrogens (tertiary/aromatic N) is 6. The number of hydrogen-bond donors (Lipinski definition) is 0. The Morgan fingerprint density at radius 3 is 1.70 bits per heavy atom. The summed E-state index contributed by atoms with van der Waals surface area (Å²) in [5, 5.41) is 3.86. The van der Waals surface area contributed by atoms with Gasteiger partial charge in [-0.05, 0) is 152 Å². The van der Waals surface area contributed by atoms with Gasteiger partial charge >= 0.3 is 6.18 Å². The minimum absolute atomic E-state index is 0.121. The third kappa shape index (κ3) is 13.3. The summed E-state index contributed by atoms with van der Waals surface area (Å²) in [5.41, 5.74) is 12.7. The number of aromatic nitrogens is 1. The number of fused-ring (bicyclic) bond motifs is 6. The van der Waals surface area contributed by atoms with E-state index in [0.29, 0.717) is 12.0 Å². The highest BCUT2D eigenvalue weighted by molar-refractivity contribution is 6.35. The summed E-state index contributed by atoms with van der Waals surface area (Å²) in [7, 11) is 12.1. The van der Waals surface area contributed by atoms with Crippen LogP contribution in [-0.2, 0) is 45.3 Å². The van der Waals surface area contributed by atoms with E-state index in [4.69, 9.17) is 58.0 Å². The van der Waals surface area contributed by atoms with Crippen molar-refractivity contribution in [3.05, 3.63) is 179 Å². The van der Waals surface area contributed by atoms with Crippen molar-refractivity contribution < 1.29 is 22.0 Å². The van der Waals surface area contributed by atoms with Gasteiger partial charge in [-0.3, -0.25) is 0 Å². The first-order chi connectivity index (χ1) is 34.6. The van der Waals surface area contributed by atoms with E-state index >= 15 is 0 Å². The van der Waals surface area contributed by atoms with Crippen LogP contribution in [-0.4, -0.2) is 72.5 Å². The molecule has 12 rings (SSSR count). The van der Waals surface area contributed by atoms with Crippen molar-refractivity contribution in [2.75, 3.05) is 92.5 Å². The van der Waals surface area contributed by atoms with Gasteiger partial charge in [0, 0.05) is 125 Å². The average molecular weight is 1100 g/mol. The van der Waals surface area contributed by atoms with E-state index in [0.717, 1.165) is 114 Å². The van der Waals surface area contributed by atoms with Crippen LogP contribution in [0, 0.1) is 18.6 Å². The Morgan fingerprint density at radius 1 is 0.479 bits per heavy atom. The molecule has 0 unspecified atom stereocenters. The van der Waals surface area contributed by atoms with Gasteiger partial charge in [0.05, 0.1) is 26.1 Å². The van der Waals surface area contributed by atoms with Gasteiger partial charge in [-0.25, -0.2) is 8.78 Å². The zero-order valence-corrected chi connectivity index (χ0v) is 45.8. The fourth-order valence-corrected chi connectivity index (χ4v) is 10.9. The lowest BCUT2D eigenvalue weighted by molar-refractivity contribution is -0.137. The van der Waals surface area contributed by atoms with Gasteiger partial charge in [0.1, 0.15) is 11.6 Å². The topological polar surface area (TPSA) is 21.1 Å². The molecule has 16 heteroatoms. The second-order valence-electron chi connectivity index (χ2n) is 18.9. The summed E-state index contributed by atoms with van der Waals surface area (Å²) in [6.07, 6.45) is 3.53. The van der Waals surface area contributed by atoms with Gasteiger partial charge in [0.2, 0.25) is 0 Å². The van der Waals surface area contributed by atoms with Crippen LogP contribution < -0.4 is 24.5 Å². The molecule has 6 heterocycles. The molecule has 73 heavy (non-hydrogen) atoms. The molecule has 0 aliphatic carbocycles. The van der Waals surface area contributed by atoms with Gasteiger partial charge in [-0.2, -0.15) is 13.2 Å². The Kier molecular flexibility index (Phi) is 18.4. The fraction of sp³-hybridized carbons (Fsp3) is 0.333. The van der Waals surface area contributed by atoms with Crippen LogP contribution in [0.4, 0.5) is 50.4 Å². The molecule has 0 saturated heterocycles. The summed E-state index contributed by atoms with van der Waals surface area (Å²) in [6, 6.07) is 29.1. The first kappa shape index (κ1) is 55.7. The van der Waals surface area contributed by atoms with Crippen LogP contribution >= 0.6 is 58.0 Å². The van der Waals surface area contributed by atoms with Crippen molar-refractivity contribution in [2.24, 2.45) is 7.05 Å². The largest absolute Gasteiger partial charge is 0.417 e. The number of rotatable bonds is 0. The van der Waals surface area contributed by atoms with E-state index in [2.05, 4.69) is 78.0 Å². The molecule has 388 valence electrons. The highest BCUT2D eigenvalue weighted by Gasteiger charge is 2.36. The predicted octanol–water partition coefficient (Wildman–Crippen LogP) is 15.8. The lowest BCUT2D eigenvalue weighted by atomic mass is 10.0. The fourth-order valence-electron chi connectivity index (χ4n) is 9.66. The number of para-hydroxylation sites is 1. The molecule has 0 bridgehead atoms. The van der Waals surface area contributed by atoms with Gasteiger partial charge < -0.3 is 29.1 Å². The molecule has 7 aromatic rings. The maximum atomic E-state index is 13.0. The molecule has 0 radical (unpaired) electrons. The van der Waals surface area contributed by atoms with Gasteiger partial charge in [-0.15, -0.1) is 0 Å². The number of likely N-dealkylation sites (N-methyl/N-ethyl adjacent to an activating group) is 4. The molecule has 0 saturated carbocycles. The van der Waals surface area contributed by atoms with Crippen molar-refractivity contribution >= 4 is 97.3 Å². The number of alkyl halides is 3. The maximum absolute atomic E-state index is 13.0. The lowest BCUT2D eigenvalue weighted by Crippen LogP contribution is -2.24. The highest BCUT2D eigenvalue weighted by Crippen LogP contribution is 2.42. The van der Waals surface area contributed by atoms with Crippen LogP contribution in [0.1, 0.15) is 45.4 Å². The highest BCUT2D eigenvalue weighted by atomic mass is 35.5. The Morgan fingerprint density at radius 2 is 1.04 bits per heavy atom. The van der Waals surface area contributed by atoms with E-state index in [1.807, 2.05) is 67.1 Å². The summed E-state index contributed by atoms with van der Waals surface area (Å²) < 4.78 is 65.3. The molecule has 6 aromatic carbocycles. The molecule has 6 nitrogen and oxygen atoms in total. The zero-order chi connectivity index (χ0) is 52.9. The molecule has 0 N–H and O–H groups in total. The summed E-state index contributed by atoms with van der Waals surface area (Å²) in [5.74, 6) is -0.435. The molecule has 0 amide bonds. The Bertz CT molecular complexity index is 3070. The molecule has 5 aliphatic heterocycles. The van der Waals surface area contributed by atoms with E-state index in [1.54, 1.807) is 12.1 Å². The standard InChI is InChI=1S/C10H9ClF3N.C10H12ClN.C10H12FN.C9H9ClFN.C9H10ClN.C9H8ClN/c1-15-5-4-6-8(15)3-2-7(9(6)11)10(12,13)14;1-7-3-4-9-8(10(7)11)5-6-12(9)2;1-12-6-2-3-8-7-9(11)4-5-10(8)12;1-12-3-2-6-4-8(11)7(10)5-9(6)12;1-11-5-4-7-2-3-8(10)6-9(7)11;1-11-6-5-7-3-2-4-8(10)9(7)11/h2-3H,4-5H2,1H3;3-4H,5-6H2,1-2H3;4-5,7H,2-3,6H2,1H3;4-5H,2-3H2,1H3;2-3,6H,4-5H2,1H3;2-6H,1H3. The number of halogens is 10. The average Bonchev–Trinajstić information content (AvgIpc) is 4.19. The Balaban J connectivity index is 0.000000129. The van der Waals surface area contributed by atoms with Gasteiger partial charge in [-0.1, -0.05) is 82.3 Å². The summed E-state index contributed by atoms with van der Waals surface area (Å²) in [6.45, 7) is 7.03. The number of aryl methyl sites for hydroxylation is 3. The maximum Gasteiger partial charge on any atom is 0.417 e. The lowest BCUT2D eigenvalue weighted by Gasteiger charge is -2.27. The number of hydrogen-bond acceptors (Lipinski definition) is 5. The van der Waals surface area contributed by atoms with Crippen LogP contribution in [0.3, 0.4) is 0 Å². The zero-order valence-electron chi connectivity index (χ0n) is 42.1. The Hall–Kier alpha value is -5.04. The van der Waals surface area contributed by atoms with Crippen LogP contribution in [0.2, 0.25) is 25.1 Å². The quantitative estimate of drug-likeness (QED) is 0.141. The molecular formula is C57H60Cl5F5N6. The summed E-state index contributed by atoms with van der Waals surface area (Å²) >= 11 is 29.4. The molecule has 0 spiro atoms. The molecule has 0 atom stereocenters. The molecule has 1 aromatic heterocycles. The first-order valence-electron chi connectivity index (χ1n) is 24.1. The van der Waals surface area contributed by atoms with Crippen molar-refractivity contribution in [1.29, 1.82) is 0 Å². The van der Waals surface area contributed by atoms with Gasteiger partial charge in [0.25, 0.3) is 0 Å². The minimum atomic E-state index is -4.37. The predicted molar refractivity (Wildman–Crippen MR) is 299 cm³/mol. The monoisotopic (exact) mass is 1100 g/mol. The van der Waals surface area contributed by atoms with Crippen LogP contribution in [0.25, 0.3) is 10.9 Å². The molecular weight excluding hydrogens is 1040 g/mol. The first-order valence-corrected chi connectivity index (χ1v) is 26.0. The van der Waals surface area contributed by atoms with Crippen molar-refractivity contribution in [2.45, 2.75) is 51.6 Å². The molecule has 5 aliphatic rings. The number of anilines is 5. The van der Waals surface area contributed by atoms with Gasteiger partial charge in [0.15, 0.2) is 0 Å². The van der Waals surface area contributed by atoms with Crippen molar-refractivity contribution in [3.8, 4) is 0 Å². The van der Waals surface area contributed by atoms with Crippen molar-refractivity contribution in [3.63, 3.8) is 0 Å². The van der Waals surface area contributed by atoms with E-state index < -0.39 is 11.7 Å². The van der Waals surface area contributed by atoms with Crippen molar-refractivity contribution in [1.82, 2.24) is 4.57 Å². The molecule has 0 fully saturated rings. The summed E-state index contributed by atoms with van der Waals surface area (Å²) in [4.78, 5) is 10.7. The second kappa shape index (κ2) is 24.1. The Labute approximate surface area is 451 Å². The van der Waals surface area contributed by atoms with E-state index in [1.165, 1.54) is 57.3 Å². The minimum Gasteiger partial charge on any atom is -0.374 e. The van der Waals surface area contributed by atoms with E-state index in [9.17, 15) is 22.0 Å². The second-order valence-corrected chi connectivity index (χ2v) is 20.9. The SMILES string of the molecule is CN1CCCc2cc(F)ccc21.CN1CCc2c1ccc(C(F)(F)F)c2Cl.CN1CCc2cc(F)c(Cl)cc21.CN1CCc2ccc(Cl)cc21.Cc1ccc2c(c1Cl)CCN2C.Cn1ccc2cccc(Cl)c21. The van der Waals surface area contributed by atoms with Crippen LogP contribution in [0.5, 0.6) is 0 Å². The smallest absolute Gasteiger partial charge is 0.374 e.